The van der Waals surface area contributed by atoms with Crippen LogP contribution in [-0.2, 0) is 30.9 Å². The number of rotatable bonds is 8. The van der Waals surface area contributed by atoms with Crippen LogP contribution < -0.4 is 15.5 Å². The second-order valence-electron chi connectivity index (χ2n) is 6.99. The lowest BCUT2D eigenvalue weighted by Crippen LogP contribution is -2.41. The molecule has 1 aliphatic rings. The number of hydrogen-bond acceptors (Lipinski definition) is 7. The minimum Gasteiger partial charge on any atom is -0.459 e. The first-order chi connectivity index (χ1) is 14.8. The normalized spacial score (nSPS) is 16.5. The van der Waals surface area contributed by atoms with E-state index >= 15 is 0 Å². The highest BCUT2D eigenvalue weighted by molar-refractivity contribution is 7.89. The van der Waals surface area contributed by atoms with Gasteiger partial charge < -0.3 is 14.5 Å². The van der Waals surface area contributed by atoms with Crippen molar-refractivity contribution in [1.82, 2.24) is 15.5 Å². The molecule has 1 aromatic carbocycles. The Balaban J connectivity index is 1.44. The Kier molecular flexibility index (Phi) is 7.55. The fraction of sp³-hybridized carbons (Fsp3) is 0.350. The van der Waals surface area contributed by atoms with Crippen LogP contribution in [0, 0.1) is 6.92 Å². The Labute approximate surface area is 180 Å². The van der Waals surface area contributed by atoms with Crippen molar-refractivity contribution >= 4 is 28.1 Å². The number of hydrazone groups is 1. The van der Waals surface area contributed by atoms with E-state index in [1.807, 2.05) is 6.92 Å². The molecule has 0 unspecified atom stereocenters. The van der Waals surface area contributed by atoms with Crippen molar-refractivity contribution in [3.8, 4) is 0 Å². The molecule has 1 atom stereocenters. The molecule has 11 heteroatoms. The number of sulfonamides is 1. The summed E-state index contributed by atoms with van der Waals surface area (Å²) in [6.07, 6.45) is 2.94. The van der Waals surface area contributed by atoms with Gasteiger partial charge in [-0.15, -0.1) is 0 Å². The molecular formula is C20H24N4O6S. The molecule has 1 fully saturated rings. The Morgan fingerprint density at radius 3 is 2.65 bits per heavy atom. The third-order valence-electron chi connectivity index (χ3n) is 4.53. The summed E-state index contributed by atoms with van der Waals surface area (Å²) < 4.78 is 37.9. The van der Waals surface area contributed by atoms with Crippen molar-refractivity contribution < 1.29 is 27.2 Å². The number of nitrogens with zero attached hydrogens (tertiary/aromatic N) is 1. The van der Waals surface area contributed by atoms with Crippen LogP contribution in [0.4, 0.5) is 0 Å². The topological polar surface area (TPSA) is 139 Å². The van der Waals surface area contributed by atoms with Crippen LogP contribution in [0.25, 0.3) is 0 Å². The van der Waals surface area contributed by atoms with Gasteiger partial charge in [-0.25, -0.2) is 18.6 Å². The average Bonchev–Trinajstić information content (AvgIpc) is 3.43. The minimum atomic E-state index is -3.67. The van der Waals surface area contributed by atoms with Gasteiger partial charge in [0.25, 0.3) is 0 Å². The number of ether oxygens (including phenoxy) is 1. The molecule has 2 aromatic rings. The van der Waals surface area contributed by atoms with E-state index in [0.29, 0.717) is 12.4 Å². The van der Waals surface area contributed by atoms with Crippen LogP contribution in [0.15, 0.2) is 50.8 Å². The molecule has 0 aliphatic carbocycles. The molecule has 2 amide bonds. The van der Waals surface area contributed by atoms with Crippen LogP contribution in [0.5, 0.6) is 0 Å². The highest BCUT2D eigenvalue weighted by Gasteiger charge is 2.19. The quantitative estimate of drug-likeness (QED) is 0.310. The van der Waals surface area contributed by atoms with E-state index in [2.05, 4.69) is 20.6 Å². The van der Waals surface area contributed by atoms with E-state index in [0.717, 1.165) is 18.4 Å². The SMILES string of the molecule is Cc1ccc(S(=O)(=O)NCc2ccc(/C=N/NC(=O)C(=O)NC[C@H]3CCCO3)o2)cc1. The van der Waals surface area contributed by atoms with Crippen molar-refractivity contribution in [2.45, 2.75) is 37.3 Å². The number of carbonyl (C=O) groups excluding carboxylic acids is 2. The van der Waals surface area contributed by atoms with Crippen molar-refractivity contribution in [3.05, 3.63) is 53.5 Å². The van der Waals surface area contributed by atoms with E-state index in [1.54, 1.807) is 24.3 Å². The van der Waals surface area contributed by atoms with Gasteiger partial charge in [0.05, 0.1) is 23.8 Å². The maximum atomic E-state index is 12.3. The Bertz CT molecular complexity index is 1040. The Morgan fingerprint density at radius 1 is 1.16 bits per heavy atom. The maximum Gasteiger partial charge on any atom is 0.329 e. The van der Waals surface area contributed by atoms with Crippen molar-refractivity contribution in [3.63, 3.8) is 0 Å². The highest BCUT2D eigenvalue weighted by Crippen LogP contribution is 2.12. The summed E-state index contributed by atoms with van der Waals surface area (Å²) in [5.41, 5.74) is 3.06. The molecule has 0 saturated carbocycles. The second-order valence-corrected chi connectivity index (χ2v) is 8.75. The van der Waals surface area contributed by atoms with Crippen LogP contribution in [0.3, 0.4) is 0 Å². The summed E-state index contributed by atoms with van der Waals surface area (Å²) in [5.74, 6) is -1.08. The van der Waals surface area contributed by atoms with Crippen molar-refractivity contribution in [2.75, 3.05) is 13.2 Å². The van der Waals surface area contributed by atoms with E-state index < -0.39 is 21.8 Å². The number of hydrogen-bond donors (Lipinski definition) is 3. The lowest BCUT2D eigenvalue weighted by molar-refractivity contribution is -0.139. The molecule has 0 radical (unpaired) electrons. The van der Waals surface area contributed by atoms with Gasteiger partial charge >= 0.3 is 11.8 Å². The first-order valence-corrected chi connectivity index (χ1v) is 11.2. The molecule has 2 heterocycles. The standard InChI is InChI=1S/C20H24N4O6S/c1-14-4-8-18(9-5-14)31(27,28)23-13-17-7-6-16(30-17)12-22-24-20(26)19(25)21-11-15-3-2-10-29-15/h4-9,12,15,23H,2-3,10-11,13H2,1H3,(H,21,25)(H,24,26)/b22-12+/t15-/m1/s1. The predicted molar refractivity (Wildman–Crippen MR) is 112 cm³/mol. The molecule has 10 nitrogen and oxygen atoms in total. The van der Waals surface area contributed by atoms with Gasteiger partial charge in [-0.1, -0.05) is 17.7 Å². The monoisotopic (exact) mass is 448 g/mol. The van der Waals surface area contributed by atoms with E-state index in [1.165, 1.54) is 18.3 Å². The number of nitrogens with one attached hydrogen (secondary N) is 3. The molecule has 1 aliphatic heterocycles. The smallest absolute Gasteiger partial charge is 0.329 e. The van der Waals surface area contributed by atoms with E-state index in [9.17, 15) is 18.0 Å². The van der Waals surface area contributed by atoms with Gasteiger partial charge in [-0.3, -0.25) is 9.59 Å². The molecule has 0 spiro atoms. The molecule has 1 saturated heterocycles. The molecule has 166 valence electrons. The molecule has 1 aromatic heterocycles. The molecular weight excluding hydrogens is 424 g/mol. The third-order valence-corrected chi connectivity index (χ3v) is 5.95. The molecule has 3 N–H and O–H groups in total. The highest BCUT2D eigenvalue weighted by atomic mass is 32.2. The lowest BCUT2D eigenvalue weighted by atomic mass is 10.2. The zero-order valence-corrected chi connectivity index (χ0v) is 17.8. The predicted octanol–water partition coefficient (Wildman–Crippen LogP) is 0.812. The summed E-state index contributed by atoms with van der Waals surface area (Å²) in [5, 5.41) is 6.16. The van der Waals surface area contributed by atoms with Crippen LogP contribution in [0.2, 0.25) is 0 Å². The van der Waals surface area contributed by atoms with Crippen molar-refractivity contribution in [1.29, 1.82) is 0 Å². The number of aryl methyl sites for hydroxylation is 1. The minimum absolute atomic E-state index is 0.0535. The van der Waals surface area contributed by atoms with Crippen LogP contribution in [0.1, 0.15) is 29.9 Å². The number of benzene rings is 1. The summed E-state index contributed by atoms with van der Waals surface area (Å²) >= 11 is 0. The third kappa shape index (κ3) is 6.74. The zero-order chi connectivity index (χ0) is 22.3. The van der Waals surface area contributed by atoms with Gasteiger partial charge in [0.15, 0.2) is 0 Å². The largest absolute Gasteiger partial charge is 0.459 e. The molecule has 0 bridgehead atoms. The average molecular weight is 449 g/mol. The van der Waals surface area contributed by atoms with Gasteiger partial charge in [0, 0.05) is 13.2 Å². The number of furan rings is 1. The molecule has 3 rings (SSSR count). The van der Waals surface area contributed by atoms with Gasteiger partial charge in [-0.2, -0.15) is 5.10 Å². The summed E-state index contributed by atoms with van der Waals surface area (Å²) in [6.45, 7) is 2.75. The van der Waals surface area contributed by atoms with Crippen LogP contribution >= 0.6 is 0 Å². The summed E-state index contributed by atoms with van der Waals surface area (Å²) in [7, 11) is -3.67. The summed E-state index contributed by atoms with van der Waals surface area (Å²) in [4.78, 5) is 23.6. The van der Waals surface area contributed by atoms with Gasteiger partial charge in [0.2, 0.25) is 10.0 Å². The molecule has 31 heavy (non-hydrogen) atoms. The van der Waals surface area contributed by atoms with Gasteiger partial charge in [0.1, 0.15) is 11.5 Å². The fourth-order valence-corrected chi connectivity index (χ4v) is 3.82. The summed E-state index contributed by atoms with van der Waals surface area (Å²) in [6, 6.07) is 9.62. The van der Waals surface area contributed by atoms with Crippen molar-refractivity contribution in [2.24, 2.45) is 5.10 Å². The number of carbonyl (C=O) groups is 2. The van der Waals surface area contributed by atoms with Crippen LogP contribution in [-0.4, -0.2) is 45.7 Å². The first-order valence-electron chi connectivity index (χ1n) is 9.71. The Morgan fingerprint density at radius 2 is 1.94 bits per heavy atom. The second kappa shape index (κ2) is 10.3. The first kappa shape index (κ1) is 22.7. The zero-order valence-electron chi connectivity index (χ0n) is 17.0. The maximum absolute atomic E-state index is 12.3. The van der Waals surface area contributed by atoms with E-state index in [-0.39, 0.29) is 29.8 Å². The Hall–Kier alpha value is -3.02. The number of amides is 2. The fourth-order valence-electron chi connectivity index (χ4n) is 2.82. The van der Waals surface area contributed by atoms with E-state index in [4.69, 9.17) is 9.15 Å². The van der Waals surface area contributed by atoms with Gasteiger partial charge in [-0.05, 0) is 44.0 Å². The lowest BCUT2D eigenvalue weighted by Gasteiger charge is -2.09.